The number of ketones is 1. The van der Waals surface area contributed by atoms with Gasteiger partial charge >= 0.3 is 0 Å². The zero-order chi connectivity index (χ0) is 28.9. The fraction of sp³-hybridized carbons (Fsp3) is 0.607. The monoisotopic (exact) mass is 574 g/mol. The standard InChI is InChI=1S/C28H38N4O7S/c1-4-7-24-27-22(28(33)23(6-3)29-24)18-25(30-27)21-17-20(8-9-26(21)38-15-5-2)40(36,37)31-13-10-19(11-14-31)12-16-39-32(34)35/h8-9,17,19,23H,4-7,10-16,18H2,1-3H3. The van der Waals surface area contributed by atoms with Gasteiger partial charge < -0.3 is 9.57 Å². The molecule has 0 saturated carbocycles. The Labute approximate surface area is 235 Å². The molecule has 1 atom stereocenters. The van der Waals surface area contributed by atoms with Crippen molar-refractivity contribution in [2.45, 2.75) is 83.1 Å². The zero-order valence-electron chi connectivity index (χ0n) is 23.4. The van der Waals surface area contributed by atoms with Gasteiger partial charge in [0.25, 0.3) is 5.09 Å². The molecule has 3 aliphatic rings. The quantitative estimate of drug-likeness (QED) is 0.249. The normalized spacial score (nSPS) is 20.3. The third-order valence-electron chi connectivity index (χ3n) is 7.59. The van der Waals surface area contributed by atoms with Crippen LogP contribution in [0.2, 0.25) is 0 Å². The second kappa shape index (κ2) is 13.0. The number of Topliss-reactive ketones (excluding diaryl/α,β-unsaturated/α-hetero) is 1. The molecular formula is C28H38N4O7S. The lowest BCUT2D eigenvalue weighted by atomic mass is 9.91. The molecule has 1 unspecified atom stereocenters. The van der Waals surface area contributed by atoms with Crippen molar-refractivity contribution in [1.29, 1.82) is 0 Å². The number of allylic oxidation sites excluding steroid dienone is 1. The predicted molar refractivity (Wildman–Crippen MR) is 151 cm³/mol. The Bertz CT molecular complexity index is 1330. The van der Waals surface area contributed by atoms with Crippen LogP contribution in [0.5, 0.6) is 5.75 Å². The van der Waals surface area contributed by atoms with Crippen molar-refractivity contribution in [2.24, 2.45) is 15.9 Å². The average molecular weight is 575 g/mol. The summed E-state index contributed by atoms with van der Waals surface area (Å²) in [5.74, 6) is 0.695. The largest absolute Gasteiger partial charge is 0.493 e. The number of nitrogens with zero attached hydrogens (tertiary/aromatic N) is 4. The maximum Gasteiger partial charge on any atom is 0.294 e. The summed E-state index contributed by atoms with van der Waals surface area (Å²) in [6.45, 7) is 7.15. The van der Waals surface area contributed by atoms with Crippen LogP contribution in [0.25, 0.3) is 0 Å². The van der Waals surface area contributed by atoms with Gasteiger partial charge in [-0.3, -0.25) is 9.79 Å². The van der Waals surface area contributed by atoms with Gasteiger partial charge in [0, 0.05) is 30.6 Å². The molecular weight excluding hydrogens is 536 g/mol. The number of sulfonamides is 1. The highest BCUT2D eigenvalue weighted by Crippen LogP contribution is 2.36. The van der Waals surface area contributed by atoms with E-state index in [1.165, 1.54) is 4.31 Å². The Morgan fingerprint density at radius 2 is 1.88 bits per heavy atom. The average Bonchev–Trinajstić information content (AvgIpc) is 3.40. The van der Waals surface area contributed by atoms with Crippen LogP contribution in [0.15, 0.2) is 44.3 Å². The number of benzene rings is 1. The highest BCUT2D eigenvalue weighted by molar-refractivity contribution is 7.89. The summed E-state index contributed by atoms with van der Waals surface area (Å²) >= 11 is 0. The number of carbonyl (C=O) groups is 1. The summed E-state index contributed by atoms with van der Waals surface area (Å²) < 4.78 is 34.8. The molecule has 0 aliphatic carbocycles. The highest BCUT2D eigenvalue weighted by Gasteiger charge is 2.36. The molecule has 0 spiro atoms. The fourth-order valence-electron chi connectivity index (χ4n) is 5.41. The fourth-order valence-corrected chi connectivity index (χ4v) is 6.91. The Hall–Kier alpha value is -3.12. The Morgan fingerprint density at radius 3 is 2.52 bits per heavy atom. The molecule has 0 radical (unpaired) electrons. The van der Waals surface area contributed by atoms with Crippen LogP contribution < -0.4 is 4.74 Å². The van der Waals surface area contributed by atoms with Crippen LogP contribution in [0.4, 0.5) is 0 Å². The first-order valence-electron chi connectivity index (χ1n) is 14.2. The number of ether oxygens (including phenoxy) is 1. The SMILES string of the molecule is CCCOc1ccc(S(=O)(=O)N2CCC(CCO[N+](=O)[O-])CC2)cc1C1=NC2=C(C1)C(=O)C(CC)N=C2CCC. The number of carbonyl (C=O) groups excluding carboxylic acids is 1. The van der Waals surface area contributed by atoms with Crippen molar-refractivity contribution < 1.29 is 27.9 Å². The summed E-state index contributed by atoms with van der Waals surface area (Å²) in [4.78, 5) is 37.7. The summed E-state index contributed by atoms with van der Waals surface area (Å²) in [5.41, 5.74) is 3.31. The van der Waals surface area contributed by atoms with Gasteiger partial charge in [0.15, 0.2) is 5.78 Å². The summed E-state index contributed by atoms with van der Waals surface area (Å²) in [6, 6.07) is 4.46. The lowest BCUT2D eigenvalue weighted by Gasteiger charge is -2.31. The molecule has 1 fully saturated rings. The van der Waals surface area contributed by atoms with Crippen molar-refractivity contribution in [3.63, 3.8) is 0 Å². The van der Waals surface area contributed by atoms with Crippen molar-refractivity contribution in [3.8, 4) is 5.75 Å². The number of rotatable bonds is 13. The summed E-state index contributed by atoms with van der Waals surface area (Å²) in [5, 5.41) is 9.60. The Morgan fingerprint density at radius 1 is 1.12 bits per heavy atom. The van der Waals surface area contributed by atoms with E-state index in [0.717, 1.165) is 25.0 Å². The molecule has 0 N–H and O–H groups in total. The second-order valence-electron chi connectivity index (χ2n) is 10.4. The van der Waals surface area contributed by atoms with Crippen LogP contribution in [0, 0.1) is 16.0 Å². The van der Waals surface area contributed by atoms with Gasteiger partial charge in [-0.15, -0.1) is 10.1 Å². The number of hydrogen-bond acceptors (Lipinski definition) is 9. The van der Waals surface area contributed by atoms with Gasteiger partial charge in [-0.2, -0.15) is 4.31 Å². The third kappa shape index (κ3) is 6.43. The number of aliphatic imine (C=N–C) groups is 2. The van der Waals surface area contributed by atoms with Gasteiger partial charge in [0.05, 0.1) is 35.2 Å². The van der Waals surface area contributed by atoms with Gasteiger partial charge in [-0.05, 0) is 62.6 Å². The first-order valence-corrected chi connectivity index (χ1v) is 15.6. The topological polar surface area (TPSA) is 141 Å². The van der Waals surface area contributed by atoms with Crippen molar-refractivity contribution in [3.05, 3.63) is 45.1 Å². The van der Waals surface area contributed by atoms with Crippen LogP contribution in [0.3, 0.4) is 0 Å². The van der Waals surface area contributed by atoms with E-state index in [2.05, 4.69) is 11.8 Å². The van der Waals surface area contributed by atoms with Gasteiger partial charge in [0.2, 0.25) is 10.0 Å². The first-order chi connectivity index (χ1) is 19.2. The molecule has 0 amide bonds. The van der Waals surface area contributed by atoms with Gasteiger partial charge in [-0.1, -0.05) is 27.2 Å². The van der Waals surface area contributed by atoms with Crippen LogP contribution in [-0.4, -0.2) is 67.4 Å². The number of hydrogen-bond donors (Lipinski definition) is 0. The minimum Gasteiger partial charge on any atom is -0.493 e. The van der Waals surface area contributed by atoms with E-state index in [1.807, 2.05) is 13.8 Å². The van der Waals surface area contributed by atoms with E-state index in [1.54, 1.807) is 18.2 Å². The molecule has 0 aromatic heterocycles. The van der Waals surface area contributed by atoms with Gasteiger partial charge in [-0.25, -0.2) is 13.4 Å². The van der Waals surface area contributed by atoms with Crippen LogP contribution in [-0.2, 0) is 19.7 Å². The van der Waals surface area contributed by atoms with E-state index in [4.69, 9.17) is 14.7 Å². The second-order valence-corrected chi connectivity index (χ2v) is 12.3. The molecule has 1 aromatic rings. The molecule has 0 bridgehead atoms. The molecule has 218 valence electrons. The minimum atomic E-state index is -3.80. The minimum absolute atomic E-state index is 0.0117. The lowest BCUT2D eigenvalue weighted by molar-refractivity contribution is -0.758. The van der Waals surface area contributed by atoms with Crippen molar-refractivity contribution >= 4 is 27.2 Å². The molecule has 1 saturated heterocycles. The molecule has 1 aromatic carbocycles. The first kappa shape index (κ1) is 29.9. The maximum absolute atomic E-state index is 13.7. The van der Waals surface area contributed by atoms with E-state index in [0.29, 0.717) is 80.1 Å². The Balaban J connectivity index is 1.58. The summed E-state index contributed by atoms with van der Waals surface area (Å²) in [6.07, 6.45) is 5.05. The number of dihydropyridines is 1. The maximum atomic E-state index is 13.7. The predicted octanol–water partition coefficient (Wildman–Crippen LogP) is 4.52. The smallest absolute Gasteiger partial charge is 0.294 e. The van der Waals surface area contributed by atoms with E-state index < -0.39 is 21.2 Å². The van der Waals surface area contributed by atoms with Crippen LogP contribution in [0.1, 0.15) is 77.7 Å². The van der Waals surface area contributed by atoms with E-state index >= 15 is 0 Å². The third-order valence-corrected chi connectivity index (χ3v) is 9.49. The van der Waals surface area contributed by atoms with Crippen molar-refractivity contribution in [2.75, 3.05) is 26.3 Å². The zero-order valence-corrected chi connectivity index (χ0v) is 24.2. The van der Waals surface area contributed by atoms with E-state index in [9.17, 15) is 23.3 Å². The molecule has 40 heavy (non-hydrogen) atoms. The van der Waals surface area contributed by atoms with Crippen LogP contribution >= 0.6 is 0 Å². The highest BCUT2D eigenvalue weighted by atomic mass is 32.2. The number of piperidine rings is 1. The summed E-state index contributed by atoms with van der Waals surface area (Å²) in [7, 11) is -3.80. The van der Waals surface area contributed by atoms with Crippen molar-refractivity contribution in [1.82, 2.24) is 4.31 Å². The lowest BCUT2D eigenvalue weighted by Crippen LogP contribution is -2.38. The molecule has 12 heteroatoms. The molecule has 4 rings (SSSR count). The van der Waals surface area contributed by atoms with E-state index in [-0.39, 0.29) is 23.2 Å². The molecule has 3 aliphatic heterocycles. The Kier molecular flexibility index (Phi) is 9.72. The molecule has 3 heterocycles. The molecule has 11 nitrogen and oxygen atoms in total. The van der Waals surface area contributed by atoms with Gasteiger partial charge in [0.1, 0.15) is 11.8 Å².